The van der Waals surface area contributed by atoms with Crippen molar-refractivity contribution in [1.82, 2.24) is 4.90 Å². The lowest BCUT2D eigenvalue weighted by molar-refractivity contribution is 0.203. The molecule has 0 radical (unpaired) electrons. The van der Waals surface area contributed by atoms with Crippen molar-refractivity contribution in [2.75, 3.05) is 32.5 Å². The maximum Gasteiger partial charge on any atom is 0.256 e. The van der Waals surface area contributed by atoms with Crippen LogP contribution in [0.4, 0.5) is 5.69 Å². The fourth-order valence-electron chi connectivity index (χ4n) is 3.02. The van der Waals surface area contributed by atoms with Gasteiger partial charge in [-0.3, -0.25) is 4.90 Å². The van der Waals surface area contributed by atoms with Crippen molar-refractivity contribution in [1.29, 1.82) is 0 Å². The molecular formula is C25H36N2O2S. The van der Waals surface area contributed by atoms with Crippen molar-refractivity contribution in [3.63, 3.8) is 0 Å². The first-order chi connectivity index (χ1) is 14.7. The summed E-state index contributed by atoms with van der Waals surface area (Å²) < 4.78 is 11.9. The molecule has 0 saturated carbocycles. The molecule has 0 spiro atoms. The van der Waals surface area contributed by atoms with Crippen molar-refractivity contribution >= 4 is 22.7 Å². The quantitative estimate of drug-likeness (QED) is 0.200. The van der Waals surface area contributed by atoms with Crippen molar-refractivity contribution in [2.45, 2.75) is 46.0 Å². The Bertz CT molecular complexity index is 720. The standard InChI is InChI=1S/C25H36N2O2S/c1-4-6-11-19-27(18-7-5-2)20-21-28-23-14-16-24(17-15-23)29-25(30-3)26-22-12-9-8-10-13-22/h8-10,12-17H,4-7,11,18-21H2,1-3H3. The Morgan fingerprint density at radius 1 is 0.833 bits per heavy atom. The topological polar surface area (TPSA) is 34.1 Å². The second-order valence-corrected chi connectivity index (χ2v) is 8.00. The van der Waals surface area contributed by atoms with Gasteiger partial charge in [0.2, 0.25) is 0 Å². The van der Waals surface area contributed by atoms with Gasteiger partial charge in [0.1, 0.15) is 18.1 Å². The third kappa shape index (κ3) is 9.68. The highest BCUT2D eigenvalue weighted by Crippen LogP contribution is 2.21. The number of ether oxygens (including phenoxy) is 2. The van der Waals surface area contributed by atoms with E-state index in [1.54, 1.807) is 0 Å². The van der Waals surface area contributed by atoms with Gasteiger partial charge in [0.15, 0.2) is 0 Å². The van der Waals surface area contributed by atoms with Gasteiger partial charge in [0, 0.05) is 6.54 Å². The Morgan fingerprint density at radius 2 is 1.50 bits per heavy atom. The average Bonchev–Trinajstić information content (AvgIpc) is 2.78. The van der Waals surface area contributed by atoms with Gasteiger partial charge in [-0.05, 0) is 68.6 Å². The largest absolute Gasteiger partial charge is 0.492 e. The lowest BCUT2D eigenvalue weighted by Crippen LogP contribution is -2.30. The van der Waals surface area contributed by atoms with Crippen molar-refractivity contribution in [3.8, 4) is 11.5 Å². The summed E-state index contributed by atoms with van der Waals surface area (Å²) in [5.74, 6) is 1.63. The fourth-order valence-corrected chi connectivity index (χ4v) is 3.39. The number of hydrogen-bond acceptors (Lipinski definition) is 5. The molecule has 0 amide bonds. The van der Waals surface area contributed by atoms with Crippen LogP contribution in [0, 0.1) is 0 Å². The zero-order valence-electron chi connectivity index (χ0n) is 18.7. The van der Waals surface area contributed by atoms with Crippen LogP contribution in [0.15, 0.2) is 59.6 Å². The molecule has 0 aliphatic carbocycles. The van der Waals surface area contributed by atoms with E-state index in [9.17, 15) is 0 Å². The van der Waals surface area contributed by atoms with Crippen LogP contribution in [0.3, 0.4) is 0 Å². The van der Waals surface area contributed by atoms with Crippen molar-refractivity contribution in [3.05, 3.63) is 54.6 Å². The average molecular weight is 429 g/mol. The predicted molar refractivity (Wildman–Crippen MR) is 130 cm³/mol. The highest BCUT2D eigenvalue weighted by Gasteiger charge is 2.06. The third-order valence-electron chi connectivity index (χ3n) is 4.76. The highest BCUT2D eigenvalue weighted by atomic mass is 32.2. The first kappa shape index (κ1) is 24.3. The molecular weight excluding hydrogens is 392 g/mol. The maximum atomic E-state index is 5.97. The number of para-hydroxylation sites is 1. The van der Waals surface area contributed by atoms with E-state index in [0.717, 1.165) is 30.3 Å². The first-order valence-electron chi connectivity index (χ1n) is 11.1. The third-order valence-corrected chi connectivity index (χ3v) is 5.29. The van der Waals surface area contributed by atoms with Crippen LogP contribution >= 0.6 is 11.8 Å². The number of thioether (sulfide) groups is 1. The van der Waals surface area contributed by atoms with Crippen molar-refractivity contribution in [2.24, 2.45) is 4.99 Å². The highest BCUT2D eigenvalue weighted by molar-refractivity contribution is 8.13. The number of unbranched alkanes of at least 4 members (excludes halogenated alkanes) is 3. The second-order valence-electron chi connectivity index (χ2n) is 7.24. The van der Waals surface area contributed by atoms with Gasteiger partial charge in [-0.2, -0.15) is 0 Å². The molecule has 4 nitrogen and oxygen atoms in total. The van der Waals surface area contributed by atoms with E-state index in [2.05, 4.69) is 23.7 Å². The smallest absolute Gasteiger partial charge is 0.256 e. The minimum absolute atomic E-state index is 0.619. The summed E-state index contributed by atoms with van der Waals surface area (Å²) in [6.45, 7) is 8.51. The molecule has 0 N–H and O–H groups in total. The second kappa shape index (κ2) is 14.9. The summed E-state index contributed by atoms with van der Waals surface area (Å²) in [6.07, 6.45) is 8.29. The van der Waals surface area contributed by atoms with E-state index in [4.69, 9.17) is 9.47 Å². The van der Waals surface area contributed by atoms with E-state index in [-0.39, 0.29) is 0 Å². The molecule has 164 valence electrons. The number of nitrogens with zero attached hydrogens (tertiary/aromatic N) is 2. The van der Waals surface area contributed by atoms with Gasteiger partial charge >= 0.3 is 0 Å². The lowest BCUT2D eigenvalue weighted by atomic mass is 10.2. The molecule has 2 aromatic rings. The van der Waals surface area contributed by atoms with Crippen LogP contribution in [0.25, 0.3) is 0 Å². The summed E-state index contributed by atoms with van der Waals surface area (Å²) in [5.41, 5.74) is 0.883. The lowest BCUT2D eigenvalue weighted by Gasteiger charge is -2.22. The number of benzene rings is 2. The van der Waals surface area contributed by atoms with Gasteiger partial charge in [-0.15, -0.1) is 0 Å². The van der Waals surface area contributed by atoms with Gasteiger partial charge in [0.25, 0.3) is 5.23 Å². The Kier molecular flexibility index (Phi) is 12.1. The summed E-state index contributed by atoms with van der Waals surface area (Å²) in [6, 6.07) is 17.6. The minimum atomic E-state index is 0.619. The molecule has 0 unspecified atom stereocenters. The molecule has 0 aromatic heterocycles. The van der Waals surface area contributed by atoms with E-state index < -0.39 is 0 Å². The Hall–Kier alpha value is -1.98. The molecule has 2 rings (SSSR count). The minimum Gasteiger partial charge on any atom is -0.492 e. The van der Waals surface area contributed by atoms with Crippen LogP contribution < -0.4 is 9.47 Å². The SMILES string of the molecule is CCCCCN(CCCC)CCOc1ccc(OC(=Nc2ccccc2)SC)cc1. The number of aliphatic imine (C=N–C) groups is 1. The van der Waals surface area contributed by atoms with Crippen LogP contribution in [0.1, 0.15) is 46.0 Å². The van der Waals surface area contributed by atoms with E-state index in [1.807, 2.05) is 60.9 Å². The molecule has 0 aliphatic heterocycles. The Balaban J connectivity index is 1.82. The Labute approximate surface area is 186 Å². The molecule has 30 heavy (non-hydrogen) atoms. The summed E-state index contributed by atoms with van der Waals surface area (Å²) in [4.78, 5) is 7.07. The van der Waals surface area contributed by atoms with Crippen LogP contribution in [-0.2, 0) is 0 Å². The van der Waals surface area contributed by atoms with Crippen LogP contribution in [-0.4, -0.2) is 42.6 Å². The predicted octanol–water partition coefficient (Wildman–Crippen LogP) is 6.79. The zero-order valence-corrected chi connectivity index (χ0v) is 19.5. The molecule has 0 heterocycles. The molecule has 2 aromatic carbocycles. The van der Waals surface area contributed by atoms with E-state index in [1.165, 1.54) is 50.4 Å². The van der Waals surface area contributed by atoms with Crippen LogP contribution in [0.5, 0.6) is 11.5 Å². The van der Waals surface area contributed by atoms with E-state index >= 15 is 0 Å². The van der Waals surface area contributed by atoms with Gasteiger partial charge in [0.05, 0.1) is 5.69 Å². The summed E-state index contributed by atoms with van der Waals surface area (Å²) >= 11 is 1.49. The van der Waals surface area contributed by atoms with Crippen LogP contribution in [0.2, 0.25) is 0 Å². The van der Waals surface area contributed by atoms with Gasteiger partial charge in [-0.25, -0.2) is 4.99 Å². The fraction of sp³-hybridized carbons (Fsp3) is 0.480. The van der Waals surface area contributed by atoms with E-state index in [0.29, 0.717) is 11.8 Å². The van der Waals surface area contributed by atoms with Gasteiger partial charge in [-0.1, -0.05) is 63.1 Å². The summed E-state index contributed by atoms with van der Waals surface area (Å²) in [7, 11) is 0. The first-order valence-corrected chi connectivity index (χ1v) is 12.3. The van der Waals surface area contributed by atoms with Gasteiger partial charge < -0.3 is 9.47 Å². The van der Waals surface area contributed by atoms with Crippen molar-refractivity contribution < 1.29 is 9.47 Å². The number of rotatable bonds is 13. The monoisotopic (exact) mass is 428 g/mol. The molecule has 0 fully saturated rings. The normalized spacial score (nSPS) is 11.7. The molecule has 0 atom stereocenters. The number of hydrogen-bond donors (Lipinski definition) is 0. The Morgan fingerprint density at radius 3 is 2.17 bits per heavy atom. The molecule has 5 heteroatoms. The molecule has 0 bridgehead atoms. The molecule has 0 saturated heterocycles. The maximum absolute atomic E-state index is 5.97. The zero-order chi connectivity index (χ0) is 21.4. The molecule has 0 aliphatic rings. The summed E-state index contributed by atoms with van der Waals surface area (Å²) in [5, 5.41) is 0.619.